The fraction of sp³-hybridized carbons (Fsp3) is 0.583. The average Bonchev–Trinajstić information content (AvgIpc) is 2.76. The molecule has 6 nitrogen and oxygen atoms in total. The van der Waals surface area contributed by atoms with Gasteiger partial charge < -0.3 is 10.1 Å². The van der Waals surface area contributed by atoms with Crippen molar-refractivity contribution in [2.24, 2.45) is 0 Å². The van der Waals surface area contributed by atoms with Crippen LogP contribution in [0.4, 0.5) is 11.5 Å². The Kier molecular flexibility index (Phi) is 3.76. The highest BCUT2D eigenvalue weighted by Gasteiger charge is 2.24. The van der Waals surface area contributed by atoms with Gasteiger partial charge in [0.1, 0.15) is 11.5 Å². The van der Waals surface area contributed by atoms with Gasteiger partial charge in [-0.25, -0.2) is 4.98 Å². The zero-order valence-corrected chi connectivity index (χ0v) is 10.5. The van der Waals surface area contributed by atoms with E-state index in [4.69, 9.17) is 4.74 Å². The Morgan fingerprint density at radius 1 is 1.50 bits per heavy atom. The second-order valence-electron chi connectivity index (χ2n) is 4.57. The quantitative estimate of drug-likeness (QED) is 0.656. The highest BCUT2D eigenvalue weighted by molar-refractivity contribution is 5.45. The number of hydrogen-bond acceptors (Lipinski definition) is 5. The number of methoxy groups -OCH3 is 1. The summed E-state index contributed by atoms with van der Waals surface area (Å²) in [5, 5.41) is 14.0. The van der Waals surface area contributed by atoms with Crippen molar-refractivity contribution in [1.82, 2.24) is 4.98 Å². The normalized spacial score (nSPS) is 23.0. The SMILES string of the molecule is COC1CCC(Nc2ccc([N+](=O)[O-])c(C)n2)C1. The van der Waals surface area contributed by atoms with Crippen molar-refractivity contribution < 1.29 is 9.66 Å². The molecule has 0 amide bonds. The molecule has 0 bridgehead atoms. The molecule has 0 saturated heterocycles. The minimum Gasteiger partial charge on any atom is -0.381 e. The predicted molar refractivity (Wildman–Crippen MR) is 67.7 cm³/mol. The van der Waals surface area contributed by atoms with Crippen LogP contribution in [0.3, 0.4) is 0 Å². The third kappa shape index (κ3) is 2.76. The number of hydrogen-bond donors (Lipinski definition) is 1. The van der Waals surface area contributed by atoms with Crippen molar-refractivity contribution in [2.75, 3.05) is 12.4 Å². The van der Waals surface area contributed by atoms with Gasteiger partial charge in [0, 0.05) is 19.2 Å². The maximum Gasteiger partial charge on any atom is 0.290 e. The first kappa shape index (κ1) is 12.8. The number of aryl methyl sites for hydroxylation is 1. The molecule has 1 aliphatic carbocycles. The topological polar surface area (TPSA) is 77.3 Å². The smallest absolute Gasteiger partial charge is 0.290 e. The lowest BCUT2D eigenvalue weighted by atomic mass is 10.2. The Hall–Kier alpha value is -1.69. The predicted octanol–water partition coefficient (Wildman–Crippen LogP) is 2.28. The van der Waals surface area contributed by atoms with Gasteiger partial charge in [-0.1, -0.05) is 0 Å². The van der Waals surface area contributed by atoms with Gasteiger partial charge in [-0.05, 0) is 32.3 Å². The van der Waals surface area contributed by atoms with E-state index in [-0.39, 0.29) is 5.69 Å². The number of ether oxygens (including phenoxy) is 1. The minimum absolute atomic E-state index is 0.0572. The summed E-state index contributed by atoms with van der Waals surface area (Å²) >= 11 is 0. The summed E-state index contributed by atoms with van der Waals surface area (Å²) in [6, 6.07) is 3.49. The van der Waals surface area contributed by atoms with E-state index in [2.05, 4.69) is 10.3 Å². The lowest BCUT2D eigenvalue weighted by Gasteiger charge is -2.13. The molecule has 1 aromatic rings. The van der Waals surface area contributed by atoms with Crippen LogP contribution in [0.15, 0.2) is 12.1 Å². The van der Waals surface area contributed by atoms with Crippen LogP contribution >= 0.6 is 0 Å². The van der Waals surface area contributed by atoms with Crippen molar-refractivity contribution >= 4 is 11.5 Å². The zero-order valence-electron chi connectivity index (χ0n) is 10.5. The van der Waals surface area contributed by atoms with Crippen molar-refractivity contribution in [3.05, 3.63) is 27.9 Å². The molecular weight excluding hydrogens is 234 g/mol. The van der Waals surface area contributed by atoms with E-state index in [1.54, 1.807) is 20.1 Å². The highest BCUT2D eigenvalue weighted by Crippen LogP contribution is 2.25. The van der Waals surface area contributed by atoms with Crippen LogP contribution in [0.5, 0.6) is 0 Å². The number of nitro groups is 1. The number of aromatic nitrogens is 1. The first-order chi connectivity index (χ1) is 8.60. The molecule has 1 N–H and O–H groups in total. The molecule has 0 radical (unpaired) electrons. The maximum absolute atomic E-state index is 10.7. The molecule has 0 spiro atoms. The van der Waals surface area contributed by atoms with Crippen LogP contribution < -0.4 is 5.32 Å². The summed E-state index contributed by atoms with van der Waals surface area (Å²) in [7, 11) is 1.72. The van der Waals surface area contributed by atoms with E-state index < -0.39 is 4.92 Å². The number of nitrogens with zero attached hydrogens (tertiary/aromatic N) is 2. The summed E-state index contributed by atoms with van der Waals surface area (Å²) in [4.78, 5) is 14.5. The number of anilines is 1. The van der Waals surface area contributed by atoms with Crippen molar-refractivity contribution in [1.29, 1.82) is 0 Å². The molecule has 2 atom stereocenters. The van der Waals surface area contributed by atoms with Crippen molar-refractivity contribution in [3.63, 3.8) is 0 Å². The second-order valence-corrected chi connectivity index (χ2v) is 4.57. The van der Waals surface area contributed by atoms with Gasteiger partial charge in [0.15, 0.2) is 0 Å². The lowest BCUT2D eigenvalue weighted by Crippen LogP contribution is -2.18. The highest BCUT2D eigenvalue weighted by atomic mass is 16.6. The fourth-order valence-electron chi connectivity index (χ4n) is 2.32. The van der Waals surface area contributed by atoms with E-state index in [9.17, 15) is 10.1 Å². The summed E-state index contributed by atoms with van der Waals surface area (Å²) in [6.07, 6.45) is 3.34. The molecule has 1 aliphatic rings. The molecular formula is C12H17N3O3. The third-order valence-corrected chi connectivity index (χ3v) is 3.32. The Labute approximate surface area is 106 Å². The lowest BCUT2D eigenvalue weighted by molar-refractivity contribution is -0.385. The Balaban J connectivity index is 2.02. The van der Waals surface area contributed by atoms with Crippen LogP contribution in [-0.2, 0) is 4.74 Å². The molecule has 6 heteroatoms. The second kappa shape index (κ2) is 5.30. The molecule has 18 heavy (non-hydrogen) atoms. The van der Waals surface area contributed by atoms with Gasteiger partial charge in [-0.15, -0.1) is 0 Å². The molecule has 2 unspecified atom stereocenters. The minimum atomic E-state index is -0.414. The number of nitrogens with one attached hydrogen (secondary N) is 1. The van der Waals surface area contributed by atoms with Gasteiger partial charge in [0.2, 0.25) is 0 Å². The van der Waals surface area contributed by atoms with Crippen molar-refractivity contribution in [2.45, 2.75) is 38.3 Å². The summed E-state index contributed by atoms with van der Waals surface area (Å²) in [5.41, 5.74) is 0.494. The van der Waals surface area contributed by atoms with Gasteiger partial charge >= 0.3 is 0 Å². The van der Waals surface area contributed by atoms with Crippen LogP contribution in [0, 0.1) is 17.0 Å². The standard InChI is InChI=1S/C12H17N3O3/c1-8-11(15(16)17)5-6-12(13-8)14-9-3-4-10(7-9)18-2/h5-6,9-10H,3-4,7H2,1-2H3,(H,13,14). The van der Waals surface area contributed by atoms with Gasteiger partial charge in [0.05, 0.1) is 11.0 Å². The van der Waals surface area contributed by atoms with Crippen LogP contribution in [0.25, 0.3) is 0 Å². The third-order valence-electron chi connectivity index (χ3n) is 3.32. The van der Waals surface area contributed by atoms with Gasteiger partial charge in [0.25, 0.3) is 5.69 Å². The van der Waals surface area contributed by atoms with Crippen LogP contribution in [0.1, 0.15) is 25.0 Å². The molecule has 98 valence electrons. The molecule has 2 rings (SSSR count). The molecule has 1 saturated carbocycles. The summed E-state index contributed by atoms with van der Waals surface area (Å²) in [5.74, 6) is 0.694. The van der Waals surface area contributed by atoms with E-state index in [0.717, 1.165) is 19.3 Å². The molecule has 0 aliphatic heterocycles. The maximum atomic E-state index is 10.7. The number of rotatable bonds is 4. The summed E-state index contributed by atoms with van der Waals surface area (Å²) in [6.45, 7) is 1.65. The first-order valence-electron chi connectivity index (χ1n) is 6.01. The Morgan fingerprint density at radius 2 is 2.28 bits per heavy atom. The largest absolute Gasteiger partial charge is 0.381 e. The van der Waals surface area contributed by atoms with E-state index in [1.807, 2.05) is 0 Å². The Morgan fingerprint density at radius 3 is 2.83 bits per heavy atom. The fourth-order valence-corrected chi connectivity index (χ4v) is 2.32. The molecule has 1 aromatic heterocycles. The van der Waals surface area contributed by atoms with Crippen molar-refractivity contribution in [3.8, 4) is 0 Å². The monoisotopic (exact) mass is 251 g/mol. The number of pyridine rings is 1. The van der Waals surface area contributed by atoms with Crippen LogP contribution in [-0.4, -0.2) is 29.2 Å². The summed E-state index contributed by atoms with van der Waals surface area (Å²) < 4.78 is 5.30. The van der Waals surface area contributed by atoms with Crippen LogP contribution in [0.2, 0.25) is 0 Å². The zero-order chi connectivity index (χ0) is 13.1. The average molecular weight is 251 g/mol. The molecule has 1 heterocycles. The van der Waals surface area contributed by atoms with E-state index >= 15 is 0 Å². The van der Waals surface area contributed by atoms with E-state index in [1.165, 1.54) is 6.07 Å². The molecule has 1 fully saturated rings. The first-order valence-corrected chi connectivity index (χ1v) is 6.01. The van der Waals surface area contributed by atoms with Gasteiger partial charge in [-0.2, -0.15) is 0 Å². The molecule has 0 aromatic carbocycles. The Bertz CT molecular complexity index is 450. The van der Waals surface area contributed by atoms with Gasteiger partial charge in [-0.3, -0.25) is 10.1 Å². The van der Waals surface area contributed by atoms with E-state index in [0.29, 0.717) is 23.7 Å².